The molecule has 0 amide bonds. The molecule has 0 aliphatic heterocycles. The van der Waals surface area contributed by atoms with E-state index < -0.39 is 0 Å². The lowest BCUT2D eigenvalue weighted by atomic mass is 9.99. The zero-order valence-corrected chi connectivity index (χ0v) is 11.9. The largest absolute Gasteiger partial charge is 0.497 e. The maximum Gasteiger partial charge on any atom is 0.123 e. The van der Waals surface area contributed by atoms with Gasteiger partial charge in [0.25, 0.3) is 0 Å². The lowest BCUT2D eigenvalue weighted by Gasteiger charge is -2.16. The van der Waals surface area contributed by atoms with Crippen LogP contribution in [0.3, 0.4) is 0 Å². The first-order chi connectivity index (χ1) is 9.74. The van der Waals surface area contributed by atoms with Crippen LogP contribution < -0.4 is 15.2 Å². The summed E-state index contributed by atoms with van der Waals surface area (Å²) in [7, 11) is 3.30. The molecule has 2 N–H and O–H groups in total. The fraction of sp³-hybridized carbons (Fsp3) is 0.312. The summed E-state index contributed by atoms with van der Waals surface area (Å²) < 4.78 is 10.6. The van der Waals surface area contributed by atoms with Gasteiger partial charge >= 0.3 is 0 Å². The van der Waals surface area contributed by atoms with Crippen LogP contribution in [0.5, 0.6) is 11.5 Å². The molecule has 1 aromatic heterocycles. The standard InChI is InChI=1S/C16H20N2O2/c1-19-13-4-6-16(20-2)14(11-13)15(17)5-3-12-7-9-18-10-8-12/h4,6-11,15H,3,5,17H2,1-2H3. The van der Waals surface area contributed by atoms with Gasteiger partial charge in [-0.1, -0.05) is 0 Å². The van der Waals surface area contributed by atoms with Gasteiger partial charge in [-0.3, -0.25) is 4.98 Å². The predicted octanol–water partition coefficient (Wildman–Crippen LogP) is 2.73. The van der Waals surface area contributed by atoms with E-state index in [0.29, 0.717) is 0 Å². The molecule has 0 spiro atoms. The quantitative estimate of drug-likeness (QED) is 0.878. The van der Waals surface area contributed by atoms with E-state index in [9.17, 15) is 0 Å². The Hall–Kier alpha value is -2.07. The fourth-order valence-corrected chi connectivity index (χ4v) is 2.16. The molecule has 2 aromatic rings. The van der Waals surface area contributed by atoms with E-state index >= 15 is 0 Å². The van der Waals surface area contributed by atoms with Crippen molar-refractivity contribution >= 4 is 0 Å². The molecule has 1 atom stereocenters. The van der Waals surface area contributed by atoms with E-state index in [1.54, 1.807) is 26.6 Å². The molecule has 0 fully saturated rings. The van der Waals surface area contributed by atoms with E-state index in [4.69, 9.17) is 15.2 Å². The van der Waals surface area contributed by atoms with Crippen molar-refractivity contribution in [2.45, 2.75) is 18.9 Å². The molecule has 4 heteroatoms. The molecule has 0 aliphatic rings. The highest BCUT2D eigenvalue weighted by molar-refractivity contribution is 5.42. The number of aryl methyl sites for hydroxylation is 1. The van der Waals surface area contributed by atoms with E-state index in [1.807, 2.05) is 30.3 Å². The highest BCUT2D eigenvalue weighted by Crippen LogP contribution is 2.30. The normalized spacial score (nSPS) is 11.9. The first kappa shape index (κ1) is 14.3. The zero-order valence-electron chi connectivity index (χ0n) is 11.9. The Morgan fingerprint density at radius 2 is 1.85 bits per heavy atom. The molecule has 1 unspecified atom stereocenters. The van der Waals surface area contributed by atoms with E-state index in [2.05, 4.69) is 4.98 Å². The fourth-order valence-electron chi connectivity index (χ4n) is 2.16. The van der Waals surface area contributed by atoms with Crippen LogP contribution in [0.1, 0.15) is 23.6 Å². The molecule has 0 aliphatic carbocycles. The molecule has 0 saturated heterocycles. The number of nitrogens with zero attached hydrogens (tertiary/aromatic N) is 1. The molecule has 0 saturated carbocycles. The summed E-state index contributed by atoms with van der Waals surface area (Å²) in [5.41, 5.74) is 8.50. The van der Waals surface area contributed by atoms with Crippen molar-refractivity contribution in [3.63, 3.8) is 0 Å². The summed E-state index contributed by atoms with van der Waals surface area (Å²) >= 11 is 0. The van der Waals surface area contributed by atoms with Crippen molar-refractivity contribution in [3.8, 4) is 11.5 Å². The van der Waals surface area contributed by atoms with E-state index in [0.717, 1.165) is 29.9 Å². The Bertz CT molecular complexity index is 543. The van der Waals surface area contributed by atoms with Gasteiger partial charge in [0, 0.05) is 24.0 Å². The second-order valence-corrected chi connectivity index (χ2v) is 4.61. The van der Waals surface area contributed by atoms with E-state index in [-0.39, 0.29) is 6.04 Å². The molecule has 0 radical (unpaired) electrons. The number of nitrogens with two attached hydrogens (primary N) is 1. The zero-order chi connectivity index (χ0) is 14.4. The molecule has 2 rings (SSSR count). The number of rotatable bonds is 6. The second-order valence-electron chi connectivity index (χ2n) is 4.61. The Balaban J connectivity index is 2.09. The minimum atomic E-state index is -0.0896. The molecular weight excluding hydrogens is 252 g/mol. The Labute approximate surface area is 119 Å². The van der Waals surface area contributed by atoms with Gasteiger partial charge in [-0.2, -0.15) is 0 Å². The number of pyridine rings is 1. The summed E-state index contributed by atoms with van der Waals surface area (Å²) in [6.07, 6.45) is 5.34. The highest BCUT2D eigenvalue weighted by atomic mass is 16.5. The van der Waals surface area contributed by atoms with Gasteiger partial charge in [-0.05, 0) is 48.7 Å². The molecular formula is C16H20N2O2. The summed E-state index contributed by atoms with van der Waals surface area (Å²) in [6, 6.07) is 9.63. The van der Waals surface area contributed by atoms with Crippen molar-refractivity contribution in [1.29, 1.82) is 0 Å². The predicted molar refractivity (Wildman–Crippen MR) is 79.0 cm³/mol. The van der Waals surface area contributed by atoms with Crippen molar-refractivity contribution in [2.75, 3.05) is 14.2 Å². The Morgan fingerprint density at radius 1 is 1.10 bits per heavy atom. The van der Waals surface area contributed by atoms with Gasteiger partial charge < -0.3 is 15.2 Å². The molecule has 20 heavy (non-hydrogen) atoms. The third-order valence-corrected chi connectivity index (χ3v) is 3.33. The number of ether oxygens (including phenoxy) is 2. The first-order valence-electron chi connectivity index (χ1n) is 6.61. The third kappa shape index (κ3) is 3.48. The van der Waals surface area contributed by atoms with Crippen molar-refractivity contribution in [3.05, 3.63) is 53.9 Å². The SMILES string of the molecule is COc1ccc(OC)c(C(N)CCc2ccncc2)c1. The maximum absolute atomic E-state index is 6.29. The average Bonchev–Trinajstić information content (AvgIpc) is 2.52. The minimum absolute atomic E-state index is 0.0896. The number of methoxy groups -OCH3 is 2. The minimum Gasteiger partial charge on any atom is -0.497 e. The number of hydrogen-bond donors (Lipinski definition) is 1. The van der Waals surface area contributed by atoms with Crippen LogP contribution in [-0.2, 0) is 6.42 Å². The van der Waals surface area contributed by atoms with Crippen molar-refractivity contribution < 1.29 is 9.47 Å². The number of aromatic nitrogens is 1. The number of benzene rings is 1. The smallest absolute Gasteiger partial charge is 0.123 e. The molecule has 0 bridgehead atoms. The monoisotopic (exact) mass is 272 g/mol. The summed E-state index contributed by atoms with van der Waals surface area (Å²) in [5, 5.41) is 0. The summed E-state index contributed by atoms with van der Waals surface area (Å²) in [5.74, 6) is 1.59. The van der Waals surface area contributed by atoms with Crippen LogP contribution in [0, 0.1) is 0 Å². The van der Waals surface area contributed by atoms with Gasteiger partial charge in [0.2, 0.25) is 0 Å². The van der Waals surface area contributed by atoms with Gasteiger partial charge in [0.15, 0.2) is 0 Å². The van der Waals surface area contributed by atoms with Crippen LogP contribution in [0.15, 0.2) is 42.7 Å². The van der Waals surface area contributed by atoms with Crippen molar-refractivity contribution in [2.24, 2.45) is 5.73 Å². The third-order valence-electron chi connectivity index (χ3n) is 3.33. The second kappa shape index (κ2) is 6.91. The van der Waals surface area contributed by atoms with Crippen LogP contribution >= 0.6 is 0 Å². The Kier molecular flexibility index (Phi) is 4.96. The van der Waals surface area contributed by atoms with Crippen molar-refractivity contribution in [1.82, 2.24) is 4.98 Å². The van der Waals surface area contributed by atoms with Crippen LogP contribution in [0.2, 0.25) is 0 Å². The maximum atomic E-state index is 6.29. The van der Waals surface area contributed by atoms with E-state index in [1.165, 1.54) is 5.56 Å². The van der Waals surface area contributed by atoms with Gasteiger partial charge in [-0.25, -0.2) is 0 Å². The lowest BCUT2D eigenvalue weighted by Crippen LogP contribution is -2.13. The first-order valence-corrected chi connectivity index (χ1v) is 6.61. The van der Waals surface area contributed by atoms with Gasteiger partial charge in [-0.15, -0.1) is 0 Å². The molecule has 1 heterocycles. The number of hydrogen-bond acceptors (Lipinski definition) is 4. The van der Waals surface area contributed by atoms with Crippen LogP contribution in [0.25, 0.3) is 0 Å². The average molecular weight is 272 g/mol. The lowest BCUT2D eigenvalue weighted by molar-refractivity contribution is 0.394. The molecule has 106 valence electrons. The topological polar surface area (TPSA) is 57.4 Å². The summed E-state index contributed by atoms with van der Waals surface area (Å²) in [6.45, 7) is 0. The highest BCUT2D eigenvalue weighted by Gasteiger charge is 2.13. The van der Waals surface area contributed by atoms with Crippen LogP contribution in [-0.4, -0.2) is 19.2 Å². The summed E-state index contributed by atoms with van der Waals surface area (Å²) in [4.78, 5) is 4.01. The van der Waals surface area contributed by atoms with Crippen LogP contribution in [0.4, 0.5) is 0 Å². The Morgan fingerprint density at radius 3 is 2.50 bits per heavy atom. The molecule has 4 nitrogen and oxygen atoms in total. The molecule has 1 aromatic carbocycles. The van der Waals surface area contributed by atoms with Gasteiger partial charge in [0.1, 0.15) is 11.5 Å². The van der Waals surface area contributed by atoms with Gasteiger partial charge in [0.05, 0.1) is 14.2 Å².